The summed E-state index contributed by atoms with van der Waals surface area (Å²) in [6, 6.07) is 6.59. The topological polar surface area (TPSA) is 30.7 Å². The summed E-state index contributed by atoms with van der Waals surface area (Å²) >= 11 is 6.05. The Hall–Kier alpha value is -1.42. The van der Waals surface area contributed by atoms with Crippen LogP contribution in [0.2, 0.25) is 0 Å². The lowest BCUT2D eigenvalue weighted by Gasteiger charge is -2.15. The summed E-state index contributed by atoms with van der Waals surface area (Å²) in [6.07, 6.45) is 2.23. The molecule has 0 saturated carbocycles. The molecule has 20 heavy (non-hydrogen) atoms. The molecule has 0 fully saturated rings. The van der Waals surface area contributed by atoms with Gasteiger partial charge in [-0.1, -0.05) is 26.0 Å². The van der Waals surface area contributed by atoms with E-state index >= 15 is 0 Å². The van der Waals surface area contributed by atoms with Gasteiger partial charge in [0.25, 0.3) is 0 Å². The second-order valence-electron chi connectivity index (χ2n) is 5.36. The Bertz CT molecular complexity index is 554. The second-order valence-corrected chi connectivity index (χ2v) is 5.67. The zero-order valence-electron chi connectivity index (χ0n) is 11.8. The molecule has 2 rings (SSSR count). The average Bonchev–Trinajstić information content (AvgIpc) is 2.82. The van der Waals surface area contributed by atoms with E-state index in [1.807, 2.05) is 10.7 Å². The average molecular weight is 296 g/mol. The van der Waals surface area contributed by atoms with Gasteiger partial charge in [-0.3, -0.25) is 0 Å². The summed E-state index contributed by atoms with van der Waals surface area (Å²) in [5.41, 5.74) is 0.902. The van der Waals surface area contributed by atoms with Crippen molar-refractivity contribution in [2.45, 2.75) is 32.7 Å². The zero-order chi connectivity index (χ0) is 14.5. The van der Waals surface area contributed by atoms with Crippen LogP contribution in [0.1, 0.15) is 31.2 Å². The minimum absolute atomic E-state index is 0.0440. The van der Waals surface area contributed by atoms with Gasteiger partial charge in [0.05, 0.1) is 0 Å². The van der Waals surface area contributed by atoms with Crippen molar-refractivity contribution in [2.75, 3.05) is 5.88 Å². The van der Waals surface area contributed by atoms with Crippen molar-refractivity contribution in [3.05, 3.63) is 47.8 Å². The van der Waals surface area contributed by atoms with Crippen molar-refractivity contribution in [1.82, 2.24) is 14.8 Å². The number of benzene rings is 1. The highest BCUT2D eigenvalue weighted by Gasteiger charge is 2.16. The smallest absolute Gasteiger partial charge is 0.138 e. The van der Waals surface area contributed by atoms with E-state index in [1.165, 1.54) is 12.1 Å². The largest absolute Gasteiger partial charge is 0.250 e. The van der Waals surface area contributed by atoms with Crippen LogP contribution in [0, 0.1) is 11.7 Å². The molecule has 0 N–H and O–H groups in total. The minimum Gasteiger partial charge on any atom is -0.250 e. The monoisotopic (exact) mass is 295 g/mol. The Labute approximate surface area is 123 Å². The van der Waals surface area contributed by atoms with Gasteiger partial charge in [-0.15, -0.1) is 11.6 Å². The maximum absolute atomic E-state index is 13.3. The van der Waals surface area contributed by atoms with E-state index in [0.29, 0.717) is 18.2 Å². The van der Waals surface area contributed by atoms with E-state index in [4.69, 9.17) is 11.6 Å². The van der Waals surface area contributed by atoms with Crippen LogP contribution in [0.5, 0.6) is 0 Å². The van der Waals surface area contributed by atoms with Gasteiger partial charge in [0.2, 0.25) is 0 Å². The molecule has 1 unspecified atom stereocenters. The molecule has 108 valence electrons. The van der Waals surface area contributed by atoms with Crippen molar-refractivity contribution in [2.24, 2.45) is 5.92 Å². The molecule has 5 heteroatoms. The number of halogens is 2. The van der Waals surface area contributed by atoms with Crippen molar-refractivity contribution in [1.29, 1.82) is 0 Å². The van der Waals surface area contributed by atoms with Crippen molar-refractivity contribution < 1.29 is 4.39 Å². The van der Waals surface area contributed by atoms with Gasteiger partial charge >= 0.3 is 0 Å². The maximum atomic E-state index is 13.3. The van der Waals surface area contributed by atoms with Gasteiger partial charge < -0.3 is 0 Å². The van der Waals surface area contributed by atoms with Gasteiger partial charge in [0.15, 0.2) is 0 Å². The SMILES string of the molecule is CC(C)Cn1ncnc1CC(CCl)c1cccc(F)c1. The van der Waals surface area contributed by atoms with E-state index in [2.05, 4.69) is 23.9 Å². The molecule has 0 radical (unpaired) electrons. The fourth-order valence-corrected chi connectivity index (χ4v) is 2.47. The fourth-order valence-electron chi connectivity index (χ4n) is 2.19. The summed E-state index contributed by atoms with van der Waals surface area (Å²) in [5, 5.41) is 4.24. The number of hydrogen-bond donors (Lipinski definition) is 0. The highest BCUT2D eigenvalue weighted by atomic mass is 35.5. The molecule has 0 spiro atoms. The van der Waals surface area contributed by atoms with Gasteiger partial charge in [-0.05, 0) is 23.6 Å². The molecule has 1 heterocycles. The Morgan fingerprint density at radius 2 is 2.15 bits per heavy atom. The predicted molar refractivity (Wildman–Crippen MR) is 78.4 cm³/mol. The molecule has 0 saturated heterocycles. The van der Waals surface area contributed by atoms with Crippen LogP contribution in [-0.2, 0) is 13.0 Å². The Balaban J connectivity index is 2.16. The Kier molecular flexibility index (Phi) is 5.12. The summed E-state index contributed by atoms with van der Waals surface area (Å²) in [7, 11) is 0. The molecule has 1 aromatic heterocycles. The van der Waals surface area contributed by atoms with E-state index in [1.54, 1.807) is 12.4 Å². The van der Waals surface area contributed by atoms with Gasteiger partial charge in [0, 0.05) is 24.8 Å². The predicted octanol–water partition coefficient (Wildman–Crippen LogP) is 3.64. The summed E-state index contributed by atoms with van der Waals surface area (Å²) < 4.78 is 15.2. The molecule has 0 bridgehead atoms. The first-order chi connectivity index (χ1) is 9.60. The van der Waals surface area contributed by atoms with Gasteiger partial charge in [-0.25, -0.2) is 14.1 Å². The summed E-state index contributed by atoms with van der Waals surface area (Å²) in [4.78, 5) is 4.30. The second kappa shape index (κ2) is 6.84. The highest BCUT2D eigenvalue weighted by Crippen LogP contribution is 2.22. The molecule has 2 aromatic rings. The van der Waals surface area contributed by atoms with E-state index in [0.717, 1.165) is 17.9 Å². The van der Waals surface area contributed by atoms with Crippen LogP contribution >= 0.6 is 11.6 Å². The van der Waals surface area contributed by atoms with Gasteiger partial charge in [-0.2, -0.15) is 5.10 Å². The van der Waals surface area contributed by atoms with Crippen LogP contribution in [-0.4, -0.2) is 20.6 Å². The third kappa shape index (κ3) is 3.79. The Morgan fingerprint density at radius 1 is 1.35 bits per heavy atom. The first-order valence-electron chi connectivity index (χ1n) is 6.78. The molecule has 0 aliphatic heterocycles. The number of hydrogen-bond acceptors (Lipinski definition) is 2. The molecule has 1 aromatic carbocycles. The van der Waals surface area contributed by atoms with E-state index in [-0.39, 0.29) is 11.7 Å². The molecule has 3 nitrogen and oxygen atoms in total. The molecule has 1 atom stereocenters. The molecular weight excluding hydrogens is 277 g/mol. The third-order valence-corrected chi connectivity index (χ3v) is 3.54. The fraction of sp³-hybridized carbons (Fsp3) is 0.467. The molecule has 0 aliphatic carbocycles. The lowest BCUT2D eigenvalue weighted by atomic mass is 9.97. The van der Waals surface area contributed by atoms with Crippen molar-refractivity contribution in [3.8, 4) is 0 Å². The number of aromatic nitrogens is 3. The lowest BCUT2D eigenvalue weighted by molar-refractivity contribution is 0.461. The standard InChI is InChI=1S/C15H19ClFN3/c1-11(2)9-20-15(18-10-19-20)7-13(8-16)12-4-3-5-14(17)6-12/h3-6,10-11,13H,7-9H2,1-2H3. The van der Waals surface area contributed by atoms with Crippen molar-refractivity contribution in [3.63, 3.8) is 0 Å². The quantitative estimate of drug-likeness (QED) is 0.762. The molecular formula is C15H19ClFN3. The van der Waals surface area contributed by atoms with Crippen LogP contribution in [0.25, 0.3) is 0 Å². The number of alkyl halides is 1. The molecule has 0 amide bonds. The van der Waals surface area contributed by atoms with Crippen molar-refractivity contribution >= 4 is 11.6 Å². The van der Waals surface area contributed by atoms with Gasteiger partial charge in [0.1, 0.15) is 18.0 Å². The van der Waals surface area contributed by atoms with E-state index < -0.39 is 0 Å². The first-order valence-corrected chi connectivity index (χ1v) is 7.31. The summed E-state index contributed by atoms with van der Waals surface area (Å²) in [5.74, 6) is 1.63. The number of rotatable bonds is 6. The lowest BCUT2D eigenvalue weighted by Crippen LogP contribution is -2.14. The third-order valence-electron chi connectivity index (χ3n) is 3.17. The minimum atomic E-state index is -0.235. The molecule has 0 aliphatic rings. The van der Waals surface area contributed by atoms with Crippen LogP contribution in [0.4, 0.5) is 4.39 Å². The van der Waals surface area contributed by atoms with Crippen LogP contribution in [0.15, 0.2) is 30.6 Å². The van der Waals surface area contributed by atoms with Crippen LogP contribution in [0.3, 0.4) is 0 Å². The number of nitrogens with zero attached hydrogens (tertiary/aromatic N) is 3. The van der Waals surface area contributed by atoms with E-state index in [9.17, 15) is 4.39 Å². The maximum Gasteiger partial charge on any atom is 0.138 e. The van der Waals surface area contributed by atoms with Crippen LogP contribution < -0.4 is 0 Å². The Morgan fingerprint density at radius 3 is 2.80 bits per heavy atom. The highest BCUT2D eigenvalue weighted by molar-refractivity contribution is 6.18. The zero-order valence-corrected chi connectivity index (χ0v) is 12.5. The first kappa shape index (κ1) is 15.0. The normalized spacial score (nSPS) is 12.8. The summed E-state index contributed by atoms with van der Waals surface area (Å²) in [6.45, 7) is 5.10.